The van der Waals surface area contributed by atoms with Gasteiger partial charge in [0.25, 0.3) is 5.91 Å². The van der Waals surface area contributed by atoms with E-state index in [0.717, 1.165) is 12.8 Å². The van der Waals surface area contributed by atoms with Crippen molar-refractivity contribution in [2.24, 2.45) is 0 Å². The number of rotatable bonds is 3. The normalized spacial score (nSPS) is 15.7. The zero-order valence-corrected chi connectivity index (χ0v) is 13.4. The molecule has 1 aromatic rings. The van der Waals surface area contributed by atoms with Crippen LogP contribution in [0.1, 0.15) is 48.9 Å². The van der Waals surface area contributed by atoms with E-state index in [2.05, 4.69) is 10.6 Å². The summed E-state index contributed by atoms with van der Waals surface area (Å²) in [5.74, 6) is -0.0761. The lowest BCUT2D eigenvalue weighted by molar-refractivity contribution is 0.0827. The molecular formula is C17H25N3O2. The molecule has 2 rings (SSSR count). The summed E-state index contributed by atoms with van der Waals surface area (Å²) in [6, 6.07) is 7.08. The highest BCUT2D eigenvalue weighted by Gasteiger charge is 2.15. The molecule has 5 heteroatoms. The third-order valence-corrected chi connectivity index (χ3v) is 3.96. The van der Waals surface area contributed by atoms with Crippen LogP contribution in [0.15, 0.2) is 24.3 Å². The second-order valence-corrected chi connectivity index (χ2v) is 6.07. The Kier molecular flexibility index (Phi) is 5.81. The van der Waals surface area contributed by atoms with Crippen LogP contribution < -0.4 is 10.6 Å². The molecule has 120 valence electrons. The van der Waals surface area contributed by atoms with Crippen LogP contribution in [-0.4, -0.2) is 37.0 Å². The first-order chi connectivity index (χ1) is 10.6. The maximum absolute atomic E-state index is 12.1. The van der Waals surface area contributed by atoms with E-state index < -0.39 is 0 Å². The molecule has 0 bridgehead atoms. The molecule has 0 radical (unpaired) electrons. The Hall–Kier alpha value is -2.04. The van der Waals surface area contributed by atoms with Crippen molar-refractivity contribution in [3.8, 4) is 0 Å². The second kappa shape index (κ2) is 7.82. The molecule has 0 atom stereocenters. The minimum Gasteiger partial charge on any atom is -0.345 e. The maximum Gasteiger partial charge on any atom is 0.319 e. The van der Waals surface area contributed by atoms with E-state index in [1.54, 1.807) is 38.4 Å². The third-order valence-electron chi connectivity index (χ3n) is 3.96. The number of hydrogen-bond acceptors (Lipinski definition) is 2. The molecule has 1 fully saturated rings. The highest BCUT2D eigenvalue weighted by Crippen LogP contribution is 2.17. The van der Waals surface area contributed by atoms with Crippen LogP contribution in [0.2, 0.25) is 0 Å². The Morgan fingerprint density at radius 2 is 1.77 bits per heavy atom. The van der Waals surface area contributed by atoms with Crippen LogP contribution in [-0.2, 0) is 0 Å². The maximum atomic E-state index is 12.1. The van der Waals surface area contributed by atoms with Crippen molar-refractivity contribution in [1.29, 1.82) is 0 Å². The Balaban J connectivity index is 1.93. The number of amides is 3. The average molecular weight is 303 g/mol. The molecule has 0 heterocycles. The Morgan fingerprint density at radius 1 is 1.09 bits per heavy atom. The Morgan fingerprint density at radius 3 is 2.41 bits per heavy atom. The van der Waals surface area contributed by atoms with Gasteiger partial charge in [0.15, 0.2) is 0 Å². The van der Waals surface area contributed by atoms with Crippen molar-refractivity contribution in [1.82, 2.24) is 10.2 Å². The van der Waals surface area contributed by atoms with Crippen molar-refractivity contribution in [2.45, 2.75) is 44.6 Å². The number of hydrogen-bond donors (Lipinski definition) is 2. The molecule has 0 aromatic heterocycles. The summed E-state index contributed by atoms with van der Waals surface area (Å²) in [6.07, 6.45) is 6.97. The van der Waals surface area contributed by atoms with Crippen LogP contribution in [0.3, 0.4) is 0 Å². The van der Waals surface area contributed by atoms with Crippen LogP contribution in [0, 0.1) is 0 Å². The van der Waals surface area contributed by atoms with Gasteiger partial charge in [-0.2, -0.15) is 0 Å². The lowest BCUT2D eigenvalue weighted by Crippen LogP contribution is -2.37. The van der Waals surface area contributed by atoms with Crippen LogP contribution in [0.25, 0.3) is 0 Å². The molecule has 0 aliphatic heterocycles. The highest BCUT2D eigenvalue weighted by molar-refractivity contribution is 5.96. The van der Waals surface area contributed by atoms with E-state index in [1.165, 1.54) is 30.6 Å². The van der Waals surface area contributed by atoms with E-state index in [1.807, 2.05) is 0 Å². The van der Waals surface area contributed by atoms with Gasteiger partial charge in [-0.1, -0.05) is 31.7 Å². The lowest BCUT2D eigenvalue weighted by Gasteiger charge is -2.17. The first-order valence-corrected chi connectivity index (χ1v) is 7.95. The smallest absolute Gasteiger partial charge is 0.319 e. The molecule has 1 aliphatic carbocycles. The largest absolute Gasteiger partial charge is 0.345 e. The molecule has 2 N–H and O–H groups in total. The monoisotopic (exact) mass is 303 g/mol. The number of carbonyl (C=O) groups excluding carboxylic acids is 2. The molecule has 1 saturated carbocycles. The summed E-state index contributed by atoms with van der Waals surface area (Å²) in [4.78, 5) is 25.5. The summed E-state index contributed by atoms with van der Waals surface area (Å²) in [7, 11) is 3.42. The molecule has 3 amide bonds. The fraction of sp³-hybridized carbons (Fsp3) is 0.529. The standard InChI is InChI=1S/C17H25N3O2/c1-20(2)16(21)13-8-7-11-15(12-13)19-17(22)18-14-9-5-3-4-6-10-14/h7-8,11-12,14H,3-6,9-10H2,1-2H3,(H2,18,19,22). The van der Waals surface area contributed by atoms with E-state index in [-0.39, 0.29) is 18.0 Å². The van der Waals surface area contributed by atoms with Gasteiger partial charge in [-0.15, -0.1) is 0 Å². The SMILES string of the molecule is CN(C)C(=O)c1cccc(NC(=O)NC2CCCCCC2)c1. The number of nitrogens with zero attached hydrogens (tertiary/aromatic N) is 1. The summed E-state index contributed by atoms with van der Waals surface area (Å²) in [5, 5.41) is 5.86. The van der Waals surface area contributed by atoms with Gasteiger partial charge in [-0.25, -0.2) is 4.79 Å². The fourth-order valence-electron chi connectivity index (χ4n) is 2.76. The minimum atomic E-state index is -0.193. The van der Waals surface area contributed by atoms with Gasteiger partial charge in [-0.05, 0) is 31.0 Å². The Labute approximate surface area is 132 Å². The van der Waals surface area contributed by atoms with Crippen LogP contribution >= 0.6 is 0 Å². The third kappa shape index (κ3) is 4.76. The molecule has 22 heavy (non-hydrogen) atoms. The molecule has 0 saturated heterocycles. The summed E-state index contributed by atoms with van der Waals surface area (Å²) in [6.45, 7) is 0. The van der Waals surface area contributed by atoms with Crippen LogP contribution in [0.4, 0.5) is 10.5 Å². The van der Waals surface area contributed by atoms with Gasteiger partial charge in [0.05, 0.1) is 0 Å². The zero-order chi connectivity index (χ0) is 15.9. The molecule has 1 aliphatic rings. The van der Waals surface area contributed by atoms with Gasteiger partial charge in [0, 0.05) is 31.4 Å². The van der Waals surface area contributed by atoms with Gasteiger partial charge in [0.2, 0.25) is 0 Å². The predicted molar refractivity (Wildman–Crippen MR) is 88.1 cm³/mol. The number of anilines is 1. The van der Waals surface area contributed by atoms with Gasteiger partial charge in [-0.3, -0.25) is 4.79 Å². The summed E-state index contributed by atoms with van der Waals surface area (Å²) < 4.78 is 0. The molecule has 0 unspecified atom stereocenters. The first-order valence-electron chi connectivity index (χ1n) is 7.95. The van der Waals surface area contributed by atoms with Crippen molar-refractivity contribution in [3.05, 3.63) is 29.8 Å². The first kappa shape index (κ1) is 16.3. The molecule has 0 spiro atoms. The molecule has 1 aromatic carbocycles. The van der Waals surface area contributed by atoms with Crippen molar-refractivity contribution in [2.75, 3.05) is 19.4 Å². The van der Waals surface area contributed by atoms with Crippen molar-refractivity contribution < 1.29 is 9.59 Å². The van der Waals surface area contributed by atoms with Gasteiger partial charge < -0.3 is 15.5 Å². The second-order valence-electron chi connectivity index (χ2n) is 6.07. The minimum absolute atomic E-state index is 0.0761. The topological polar surface area (TPSA) is 61.4 Å². The summed E-state index contributed by atoms with van der Waals surface area (Å²) in [5.41, 5.74) is 1.20. The molecular weight excluding hydrogens is 278 g/mol. The van der Waals surface area contributed by atoms with Gasteiger partial charge in [0.1, 0.15) is 0 Å². The number of carbonyl (C=O) groups is 2. The van der Waals surface area contributed by atoms with E-state index in [9.17, 15) is 9.59 Å². The van der Waals surface area contributed by atoms with Crippen LogP contribution in [0.5, 0.6) is 0 Å². The van der Waals surface area contributed by atoms with Gasteiger partial charge >= 0.3 is 6.03 Å². The fourth-order valence-corrected chi connectivity index (χ4v) is 2.76. The van der Waals surface area contributed by atoms with E-state index in [0.29, 0.717) is 11.3 Å². The average Bonchev–Trinajstić information content (AvgIpc) is 2.75. The van der Waals surface area contributed by atoms with E-state index in [4.69, 9.17) is 0 Å². The Bertz CT molecular complexity index is 520. The zero-order valence-electron chi connectivity index (χ0n) is 13.4. The predicted octanol–water partition coefficient (Wildman–Crippen LogP) is 3.23. The number of urea groups is 1. The van der Waals surface area contributed by atoms with E-state index >= 15 is 0 Å². The number of benzene rings is 1. The van der Waals surface area contributed by atoms with Crippen molar-refractivity contribution in [3.63, 3.8) is 0 Å². The molecule has 5 nitrogen and oxygen atoms in total. The lowest BCUT2D eigenvalue weighted by atomic mass is 10.1. The quantitative estimate of drug-likeness (QED) is 0.842. The van der Waals surface area contributed by atoms with Crippen molar-refractivity contribution >= 4 is 17.6 Å². The number of nitrogens with one attached hydrogen (secondary N) is 2. The highest BCUT2D eigenvalue weighted by atomic mass is 16.2. The summed E-state index contributed by atoms with van der Waals surface area (Å²) >= 11 is 0.